The topological polar surface area (TPSA) is 75.6 Å². The molecule has 2 N–H and O–H groups in total. The number of benzene rings is 1. The van der Waals surface area contributed by atoms with E-state index in [4.69, 9.17) is 0 Å². The summed E-state index contributed by atoms with van der Waals surface area (Å²) >= 11 is 0. The molecule has 0 bridgehead atoms. The molecule has 9 heteroatoms. The quantitative estimate of drug-likeness (QED) is 0.454. The Morgan fingerprint density at radius 1 is 1.03 bits per heavy atom. The van der Waals surface area contributed by atoms with Gasteiger partial charge in [0.1, 0.15) is 0 Å². The first-order valence-electron chi connectivity index (χ1n) is 9.99. The molecule has 0 unspecified atom stereocenters. The SMILES string of the molecule is C=C(/C=C(/C)NCCC)Nc1nc(-c2ccncc2)nc(-c2ccccc2C(F)(F)F)n1. The fraction of sp³-hybridized carbons (Fsp3) is 0.217. The fourth-order valence-corrected chi connectivity index (χ4v) is 2.92. The van der Waals surface area contributed by atoms with Crippen LogP contribution in [0.2, 0.25) is 0 Å². The maximum absolute atomic E-state index is 13.6. The van der Waals surface area contributed by atoms with Crippen molar-refractivity contribution in [2.75, 3.05) is 11.9 Å². The zero-order chi connectivity index (χ0) is 23.1. The summed E-state index contributed by atoms with van der Waals surface area (Å²) < 4.78 is 40.8. The summed E-state index contributed by atoms with van der Waals surface area (Å²) in [7, 11) is 0. The number of aromatic nitrogens is 4. The first-order chi connectivity index (χ1) is 15.3. The van der Waals surface area contributed by atoms with Gasteiger partial charge in [-0.25, -0.2) is 4.98 Å². The maximum Gasteiger partial charge on any atom is 0.417 e. The van der Waals surface area contributed by atoms with Crippen molar-refractivity contribution < 1.29 is 13.2 Å². The van der Waals surface area contributed by atoms with Crippen LogP contribution in [0.15, 0.2) is 72.8 Å². The van der Waals surface area contributed by atoms with Gasteiger partial charge in [0.05, 0.1) is 5.56 Å². The second kappa shape index (κ2) is 10.0. The van der Waals surface area contributed by atoms with E-state index in [2.05, 4.69) is 44.1 Å². The number of rotatable bonds is 8. The van der Waals surface area contributed by atoms with Gasteiger partial charge in [-0.05, 0) is 37.6 Å². The lowest BCUT2D eigenvalue weighted by molar-refractivity contribution is -0.137. The number of nitrogens with zero attached hydrogens (tertiary/aromatic N) is 4. The van der Waals surface area contributed by atoms with Crippen molar-refractivity contribution in [2.45, 2.75) is 26.4 Å². The molecule has 0 saturated heterocycles. The van der Waals surface area contributed by atoms with Crippen molar-refractivity contribution in [3.05, 3.63) is 78.4 Å². The largest absolute Gasteiger partial charge is 0.417 e. The molecule has 3 aromatic rings. The molecule has 166 valence electrons. The highest BCUT2D eigenvalue weighted by atomic mass is 19.4. The van der Waals surface area contributed by atoms with Crippen molar-refractivity contribution in [3.63, 3.8) is 0 Å². The van der Waals surface area contributed by atoms with Gasteiger partial charge in [0.25, 0.3) is 0 Å². The van der Waals surface area contributed by atoms with Crippen molar-refractivity contribution >= 4 is 5.95 Å². The van der Waals surface area contributed by atoms with Gasteiger partial charge in [-0.2, -0.15) is 23.1 Å². The Morgan fingerprint density at radius 2 is 1.72 bits per heavy atom. The van der Waals surface area contributed by atoms with E-state index in [1.807, 2.05) is 6.92 Å². The molecule has 32 heavy (non-hydrogen) atoms. The zero-order valence-electron chi connectivity index (χ0n) is 17.7. The summed E-state index contributed by atoms with van der Waals surface area (Å²) in [5.74, 6) is 0.206. The van der Waals surface area contributed by atoms with Crippen LogP contribution in [0.4, 0.5) is 19.1 Å². The highest BCUT2D eigenvalue weighted by Gasteiger charge is 2.34. The molecule has 0 spiro atoms. The molecule has 3 rings (SSSR count). The first kappa shape index (κ1) is 22.9. The Bertz CT molecular complexity index is 1110. The molecule has 2 aromatic heterocycles. The smallest absolute Gasteiger partial charge is 0.389 e. The molecule has 0 aliphatic rings. The minimum Gasteiger partial charge on any atom is -0.389 e. The molecule has 0 saturated carbocycles. The number of halogens is 3. The third-order valence-corrected chi connectivity index (χ3v) is 4.36. The lowest BCUT2D eigenvalue weighted by Crippen LogP contribution is -2.13. The van der Waals surface area contributed by atoms with Crippen LogP contribution in [-0.2, 0) is 6.18 Å². The van der Waals surface area contributed by atoms with Crippen molar-refractivity contribution in [1.29, 1.82) is 0 Å². The van der Waals surface area contributed by atoms with Gasteiger partial charge in [0, 0.05) is 41.5 Å². The summed E-state index contributed by atoms with van der Waals surface area (Å²) in [4.78, 5) is 16.9. The normalized spacial score (nSPS) is 11.8. The minimum atomic E-state index is -4.55. The molecule has 0 fully saturated rings. The number of hydrogen-bond donors (Lipinski definition) is 2. The van der Waals surface area contributed by atoms with Crippen LogP contribution >= 0.6 is 0 Å². The number of anilines is 1. The van der Waals surface area contributed by atoms with Gasteiger partial charge in [-0.3, -0.25) is 4.98 Å². The van der Waals surface area contributed by atoms with Gasteiger partial charge in [0.15, 0.2) is 11.6 Å². The fourth-order valence-electron chi connectivity index (χ4n) is 2.92. The zero-order valence-corrected chi connectivity index (χ0v) is 17.7. The summed E-state index contributed by atoms with van der Waals surface area (Å²) in [6.45, 7) is 8.70. The number of alkyl halides is 3. The van der Waals surface area contributed by atoms with Gasteiger partial charge >= 0.3 is 6.18 Å². The summed E-state index contributed by atoms with van der Waals surface area (Å²) in [5.41, 5.74) is 1.00. The Kier molecular flexibility index (Phi) is 7.19. The van der Waals surface area contributed by atoms with Crippen LogP contribution in [-0.4, -0.2) is 26.5 Å². The van der Waals surface area contributed by atoms with Crippen LogP contribution < -0.4 is 10.6 Å². The molecular weight excluding hydrogens is 417 g/mol. The van der Waals surface area contributed by atoms with Crippen molar-refractivity contribution in [1.82, 2.24) is 25.3 Å². The molecule has 2 heterocycles. The average molecular weight is 440 g/mol. The molecule has 0 atom stereocenters. The molecular formula is C23H23F3N6. The van der Waals surface area contributed by atoms with Crippen LogP contribution in [0.25, 0.3) is 22.8 Å². The van der Waals surface area contributed by atoms with E-state index in [9.17, 15) is 13.2 Å². The van der Waals surface area contributed by atoms with E-state index < -0.39 is 11.7 Å². The summed E-state index contributed by atoms with van der Waals surface area (Å²) in [6.07, 6.45) is 1.30. The molecule has 1 aromatic carbocycles. The third-order valence-electron chi connectivity index (χ3n) is 4.36. The number of hydrogen-bond acceptors (Lipinski definition) is 6. The Balaban J connectivity index is 2.05. The average Bonchev–Trinajstić information content (AvgIpc) is 2.77. The predicted octanol–water partition coefficient (Wildman–Crippen LogP) is 5.45. The van der Waals surface area contributed by atoms with E-state index >= 15 is 0 Å². The van der Waals surface area contributed by atoms with E-state index in [0.29, 0.717) is 11.3 Å². The van der Waals surface area contributed by atoms with Gasteiger partial charge < -0.3 is 10.6 Å². The number of pyridine rings is 1. The molecule has 0 aliphatic heterocycles. The van der Waals surface area contributed by atoms with E-state index in [1.54, 1.807) is 30.6 Å². The van der Waals surface area contributed by atoms with Crippen molar-refractivity contribution in [3.8, 4) is 22.8 Å². The van der Waals surface area contributed by atoms with Crippen molar-refractivity contribution in [2.24, 2.45) is 0 Å². The van der Waals surface area contributed by atoms with E-state index in [0.717, 1.165) is 24.7 Å². The molecule has 0 radical (unpaired) electrons. The first-order valence-corrected chi connectivity index (χ1v) is 9.99. The van der Waals surface area contributed by atoms with Gasteiger partial charge in [0.2, 0.25) is 5.95 Å². The van der Waals surface area contributed by atoms with Crippen LogP contribution in [0.1, 0.15) is 25.8 Å². The lowest BCUT2D eigenvalue weighted by Gasteiger charge is -2.14. The van der Waals surface area contributed by atoms with E-state index in [1.165, 1.54) is 18.2 Å². The number of nitrogens with one attached hydrogen (secondary N) is 2. The second-order valence-electron chi connectivity index (χ2n) is 6.99. The molecule has 0 aliphatic carbocycles. The van der Waals surface area contributed by atoms with E-state index in [-0.39, 0.29) is 23.2 Å². The van der Waals surface area contributed by atoms with Crippen LogP contribution in [0.3, 0.4) is 0 Å². The predicted molar refractivity (Wildman–Crippen MR) is 118 cm³/mol. The van der Waals surface area contributed by atoms with Crippen LogP contribution in [0.5, 0.6) is 0 Å². The monoisotopic (exact) mass is 440 g/mol. The van der Waals surface area contributed by atoms with Gasteiger partial charge in [-0.15, -0.1) is 0 Å². The Labute approximate surface area is 184 Å². The minimum absolute atomic E-state index is 0.0864. The second-order valence-corrected chi connectivity index (χ2v) is 6.99. The maximum atomic E-state index is 13.6. The highest BCUT2D eigenvalue weighted by Crippen LogP contribution is 2.36. The van der Waals surface area contributed by atoms with Gasteiger partial charge in [-0.1, -0.05) is 31.7 Å². The third kappa shape index (κ3) is 5.90. The Hall–Kier alpha value is -3.75. The molecule has 6 nitrogen and oxygen atoms in total. The standard InChI is InChI=1S/C23H23F3N6/c1-4-11-28-15(2)14-16(3)29-22-31-20(17-9-12-27-13-10-17)30-21(32-22)18-7-5-6-8-19(18)23(24,25)26/h5-10,12-14,28H,3-4,11H2,1-2H3,(H,29,30,31,32)/b15-14-. The molecule has 0 amide bonds. The lowest BCUT2D eigenvalue weighted by atomic mass is 10.1. The summed E-state index contributed by atoms with van der Waals surface area (Å²) in [5, 5.41) is 6.18. The number of allylic oxidation sites excluding steroid dienone is 2. The highest BCUT2D eigenvalue weighted by molar-refractivity contribution is 5.66. The summed E-state index contributed by atoms with van der Waals surface area (Å²) in [6, 6.07) is 8.53. The van der Waals surface area contributed by atoms with Crippen LogP contribution in [0, 0.1) is 0 Å². The Morgan fingerprint density at radius 3 is 2.41 bits per heavy atom.